The Labute approximate surface area is 204 Å². The van der Waals surface area contributed by atoms with Crippen LogP contribution in [-0.4, -0.2) is 33.9 Å². The van der Waals surface area contributed by atoms with E-state index >= 15 is 0 Å². The van der Waals surface area contributed by atoms with Gasteiger partial charge in [0.25, 0.3) is 0 Å². The van der Waals surface area contributed by atoms with Crippen LogP contribution in [0.25, 0.3) is 0 Å². The van der Waals surface area contributed by atoms with E-state index in [2.05, 4.69) is 38.8 Å². The monoisotopic (exact) mass is 531 g/mol. The molecule has 36 heavy (non-hydrogen) atoms. The maximum absolute atomic E-state index is 11.2. The molecule has 0 saturated heterocycles. The van der Waals surface area contributed by atoms with Crippen LogP contribution in [0.4, 0.5) is 55.2 Å². The highest BCUT2D eigenvalue weighted by Gasteiger charge is 2.54. The number of Topliss-reactive ketones (excluding diaryl/α,β-unsaturated/α-hetero) is 2. The molecule has 2 aromatic carbocycles. The molecule has 4 N–H and O–H groups in total. The summed E-state index contributed by atoms with van der Waals surface area (Å²) in [7, 11) is 0. The van der Waals surface area contributed by atoms with E-state index < -0.39 is 23.9 Å². The fraction of sp³-hybridized carbons (Fsp3) is 0.182. The second-order valence-electron chi connectivity index (χ2n) is 7.46. The Bertz CT molecular complexity index is 1270. The van der Waals surface area contributed by atoms with Crippen molar-refractivity contribution in [3.63, 3.8) is 0 Å². The molecule has 1 aliphatic rings. The number of carbonyl (C=O) groups excluding carboxylic acids is 2. The fourth-order valence-corrected chi connectivity index (χ4v) is 3.20. The molecule has 4 rings (SSSR count). The minimum Gasteiger partial charge on any atom is -0.399 e. The predicted molar refractivity (Wildman–Crippen MR) is 120 cm³/mol. The van der Waals surface area contributed by atoms with E-state index in [1.54, 1.807) is 6.20 Å². The average Bonchev–Trinajstić information content (AvgIpc) is 2.78. The second kappa shape index (κ2) is 10.4. The quantitative estimate of drug-likeness (QED) is 0.215. The van der Waals surface area contributed by atoms with Crippen molar-refractivity contribution in [3.05, 3.63) is 64.8 Å². The lowest BCUT2D eigenvalue weighted by Gasteiger charge is -2.11. The summed E-state index contributed by atoms with van der Waals surface area (Å²) in [6.07, 6.45) is -8.13. The number of nitrogens with one attached hydrogen (secondary N) is 2. The van der Waals surface area contributed by atoms with Gasteiger partial charge in [-0.25, -0.2) is 4.98 Å². The van der Waals surface area contributed by atoms with E-state index in [9.17, 15) is 35.9 Å². The van der Waals surface area contributed by atoms with E-state index in [1.165, 1.54) is 11.1 Å². The summed E-state index contributed by atoms with van der Waals surface area (Å²) < 4.78 is 67.0. The van der Waals surface area contributed by atoms with Gasteiger partial charge in [0.15, 0.2) is 5.82 Å². The number of nitrogens with zero attached hydrogens (tertiary/aromatic N) is 2. The van der Waals surface area contributed by atoms with Gasteiger partial charge in [-0.3, -0.25) is 9.59 Å². The third kappa shape index (κ3) is 7.07. The van der Waals surface area contributed by atoms with Crippen molar-refractivity contribution in [2.75, 3.05) is 16.4 Å². The van der Waals surface area contributed by atoms with Crippen LogP contribution in [0.1, 0.15) is 11.1 Å². The molecule has 190 valence electrons. The van der Waals surface area contributed by atoms with Gasteiger partial charge in [-0.2, -0.15) is 31.3 Å². The molecule has 7 nitrogen and oxygen atoms in total. The Balaban J connectivity index is 0.000000257. The first kappa shape index (κ1) is 26.7. The molecular formula is C22H16ClF6N5O2. The molecular weight excluding hydrogens is 516 g/mol. The fourth-order valence-electron chi connectivity index (χ4n) is 3.07. The van der Waals surface area contributed by atoms with Gasteiger partial charge in [-0.15, -0.1) is 0 Å². The maximum Gasteiger partial charge on any atom is 0.458 e. The molecule has 6 bridgehead atoms. The lowest BCUT2D eigenvalue weighted by atomic mass is 10.0. The van der Waals surface area contributed by atoms with Crippen molar-refractivity contribution in [3.8, 4) is 0 Å². The van der Waals surface area contributed by atoms with Crippen LogP contribution in [0.5, 0.6) is 0 Å². The molecule has 0 unspecified atom stereocenters. The van der Waals surface area contributed by atoms with E-state index in [0.717, 1.165) is 24.2 Å². The molecule has 0 spiro atoms. The molecule has 1 aromatic heterocycles. The number of rotatable bonds is 1. The van der Waals surface area contributed by atoms with Gasteiger partial charge in [-0.1, -0.05) is 23.7 Å². The highest BCUT2D eigenvalue weighted by Crippen LogP contribution is 2.28. The first-order valence-corrected chi connectivity index (χ1v) is 10.4. The van der Waals surface area contributed by atoms with E-state index in [1.807, 2.05) is 24.3 Å². The van der Waals surface area contributed by atoms with Crippen LogP contribution in [0.3, 0.4) is 0 Å². The number of hydrogen-bond acceptors (Lipinski definition) is 7. The number of nitrogen functional groups attached to an aromatic ring is 1. The number of aromatic nitrogens is 2. The van der Waals surface area contributed by atoms with E-state index in [4.69, 9.17) is 17.3 Å². The van der Waals surface area contributed by atoms with Crippen LogP contribution in [0.2, 0.25) is 5.02 Å². The molecule has 2 heterocycles. The normalized spacial score (nSPS) is 12.9. The van der Waals surface area contributed by atoms with Crippen LogP contribution >= 0.6 is 11.6 Å². The minimum absolute atomic E-state index is 0.452. The van der Waals surface area contributed by atoms with Crippen LogP contribution in [0.15, 0.2) is 48.7 Å². The lowest BCUT2D eigenvalue weighted by Crippen LogP contribution is -2.39. The Morgan fingerprint density at radius 3 is 2.11 bits per heavy atom. The van der Waals surface area contributed by atoms with Gasteiger partial charge in [0.1, 0.15) is 5.02 Å². The van der Waals surface area contributed by atoms with Crippen LogP contribution in [-0.2, 0) is 22.4 Å². The summed E-state index contributed by atoms with van der Waals surface area (Å²) in [5.74, 6) is -5.78. The number of halogens is 7. The molecule has 3 aromatic rings. The summed E-state index contributed by atoms with van der Waals surface area (Å²) >= 11 is 6.23. The predicted octanol–water partition coefficient (Wildman–Crippen LogP) is 5.55. The molecule has 0 aliphatic carbocycles. The summed E-state index contributed by atoms with van der Waals surface area (Å²) in [5.41, 5.74) is 11.0. The smallest absolute Gasteiger partial charge is 0.399 e. The number of anilines is 5. The summed E-state index contributed by atoms with van der Waals surface area (Å²) in [4.78, 5) is 27.9. The second-order valence-corrected chi connectivity index (χ2v) is 7.86. The van der Waals surface area contributed by atoms with Gasteiger partial charge in [0, 0.05) is 17.1 Å². The largest absolute Gasteiger partial charge is 0.458 e. The maximum atomic E-state index is 11.2. The number of fused-ring (bicyclic) bond motifs is 6. The SMILES string of the molecule is Nc1cc2cc(c1)Nc1nc(ncc1Cl)Nc1cccc(c1)CC2.O=C(C(=O)C(F)(F)F)C(F)(F)F. The van der Waals surface area contributed by atoms with Crippen LogP contribution in [0, 0.1) is 0 Å². The zero-order chi connectivity index (χ0) is 26.7. The number of nitrogens with two attached hydrogens (primary N) is 1. The number of hydrogen-bond donors (Lipinski definition) is 3. The highest BCUT2D eigenvalue weighted by atomic mass is 35.5. The zero-order valence-corrected chi connectivity index (χ0v) is 18.7. The van der Waals surface area contributed by atoms with E-state index in [-0.39, 0.29) is 0 Å². The van der Waals surface area contributed by atoms with Crippen molar-refractivity contribution in [1.82, 2.24) is 9.97 Å². The highest BCUT2D eigenvalue weighted by molar-refractivity contribution is 6.41. The molecule has 1 aliphatic heterocycles. The third-order valence-electron chi connectivity index (χ3n) is 4.63. The van der Waals surface area contributed by atoms with Crippen molar-refractivity contribution in [2.24, 2.45) is 0 Å². The van der Waals surface area contributed by atoms with Crippen molar-refractivity contribution in [1.29, 1.82) is 0 Å². The molecule has 0 atom stereocenters. The summed E-state index contributed by atoms with van der Waals surface area (Å²) in [5, 5.41) is 6.91. The number of alkyl halides is 6. The lowest BCUT2D eigenvalue weighted by molar-refractivity contribution is -0.193. The number of benzene rings is 2. The van der Waals surface area contributed by atoms with Gasteiger partial charge < -0.3 is 16.4 Å². The minimum atomic E-state index is -5.77. The Kier molecular flexibility index (Phi) is 7.72. The Morgan fingerprint density at radius 2 is 1.47 bits per heavy atom. The summed E-state index contributed by atoms with van der Waals surface area (Å²) in [6, 6.07) is 14.2. The topological polar surface area (TPSA) is 110 Å². The van der Waals surface area contributed by atoms with Crippen molar-refractivity contribution in [2.45, 2.75) is 25.2 Å². The Morgan fingerprint density at radius 1 is 0.861 bits per heavy atom. The number of aryl methyl sites for hydroxylation is 2. The van der Waals surface area contributed by atoms with E-state index in [0.29, 0.717) is 22.5 Å². The van der Waals surface area contributed by atoms with Crippen LogP contribution < -0.4 is 16.4 Å². The first-order chi connectivity index (χ1) is 16.7. The van der Waals surface area contributed by atoms with Gasteiger partial charge in [0.05, 0.1) is 6.20 Å². The van der Waals surface area contributed by atoms with Crippen molar-refractivity contribution < 1.29 is 35.9 Å². The zero-order valence-electron chi connectivity index (χ0n) is 18.0. The Hall–Kier alpha value is -3.87. The van der Waals surface area contributed by atoms with Gasteiger partial charge in [0.2, 0.25) is 5.95 Å². The van der Waals surface area contributed by atoms with Crippen molar-refractivity contribution >= 4 is 52.0 Å². The average molecular weight is 532 g/mol. The molecule has 14 heteroatoms. The standard InChI is InChI=1S/C18H16ClN5.C4F6O2/c19-16-10-21-18-23-14-3-1-2-11(7-14)4-5-12-6-13(20)9-15(8-12)22-17(16)24-18;5-3(6,7)1(11)2(12)4(8,9)10/h1-3,6-10H,4-5,20H2,(H2,21,22,23,24);. The van der Waals surface area contributed by atoms with Gasteiger partial charge in [-0.05, 0) is 54.3 Å². The number of ketones is 2. The molecule has 0 fully saturated rings. The number of carbonyl (C=O) groups is 2. The molecule has 0 saturated carbocycles. The first-order valence-electron chi connectivity index (χ1n) is 10.00. The molecule has 0 amide bonds. The summed E-state index contributed by atoms with van der Waals surface area (Å²) in [6.45, 7) is 0. The third-order valence-corrected chi connectivity index (χ3v) is 4.91. The molecule has 0 radical (unpaired) electrons. The van der Waals surface area contributed by atoms with Gasteiger partial charge >= 0.3 is 23.9 Å².